The van der Waals surface area contributed by atoms with Crippen molar-refractivity contribution in [1.82, 2.24) is 4.90 Å². The van der Waals surface area contributed by atoms with Crippen LogP contribution in [0.2, 0.25) is 0 Å². The van der Waals surface area contributed by atoms with Crippen molar-refractivity contribution in [2.75, 3.05) is 6.54 Å². The number of nitrogens with zero attached hydrogens (tertiary/aromatic N) is 1. The summed E-state index contributed by atoms with van der Waals surface area (Å²) < 4.78 is 0. The number of ketones is 1. The summed E-state index contributed by atoms with van der Waals surface area (Å²) in [5.74, 6) is -1.54. The van der Waals surface area contributed by atoms with Crippen molar-refractivity contribution in [3.8, 4) is 0 Å². The highest BCUT2D eigenvalue weighted by Gasteiger charge is 2.31. The van der Waals surface area contributed by atoms with E-state index in [4.69, 9.17) is 5.11 Å². The van der Waals surface area contributed by atoms with Crippen LogP contribution in [0.4, 0.5) is 0 Å². The van der Waals surface area contributed by atoms with Gasteiger partial charge in [0.15, 0.2) is 0 Å². The molecule has 0 aromatic heterocycles. The fraction of sp³-hybridized carbons (Fsp3) is 0.864. The van der Waals surface area contributed by atoms with Crippen LogP contribution in [-0.4, -0.2) is 40.3 Å². The van der Waals surface area contributed by atoms with Gasteiger partial charge in [-0.1, -0.05) is 71.1 Å². The van der Waals surface area contributed by atoms with Gasteiger partial charge in [-0.3, -0.25) is 14.4 Å². The lowest BCUT2D eigenvalue weighted by molar-refractivity contribution is -0.145. The van der Waals surface area contributed by atoms with Crippen molar-refractivity contribution < 1.29 is 19.5 Å². The Balaban J connectivity index is 2.07. The third kappa shape index (κ3) is 10.5. The van der Waals surface area contributed by atoms with Gasteiger partial charge < -0.3 is 10.0 Å². The predicted molar refractivity (Wildman–Crippen MR) is 108 cm³/mol. The van der Waals surface area contributed by atoms with Crippen molar-refractivity contribution in [3.05, 3.63) is 0 Å². The zero-order valence-corrected chi connectivity index (χ0v) is 17.2. The second kappa shape index (κ2) is 14.6. The van der Waals surface area contributed by atoms with Crippen LogP contribution >= 0.6 is 0 Å². The van der Waals surface area contributed by atoms with Gasteiger partial charge in [-0.25, -0.2) is 0 Å². The van der Waals surface area contributed by atoms with Crippen LogP contribution in [0, 0.1) is 0 Å². The Labute approximate surface area is 164 Å². The fourth-order valence-corrected chi connectivity index (χ4v) is 3.91. The van der Waals surface area contributed by atoms with Gasteiger partial charge in [0, 0.05) is 25.4 Å². The van der Waals surface area contributed by atoms with Crippen LogP contribution in [0.15, 0.2) is 0 Å². The van der Waals surface area contributed by atoms with E-state index in [2.05, 4.69) is 6.92 Å². The molecule has 156 valence electrons. The minimum Gasteiger partial charge on any atom is -0.481 e. The van der Waals surface area contributed by atoms with E-state index >= 15 is 0 Å². The number of Topliss-reactive ketones (excluding diaryl/α,β-unsaturated/α-hetero) is 1. The summed E-state index contributed by atoms with van der Waals surface area (Å²) in [5, 5.41) is 8.81. The number of carbonyl (C=O) groups excluding carboxylic acids is 2. The largest absolute Gasteiger partial charge is 0.481 e. The first-order valence-corrected chi connectivity index (χ1v) is 11.1. The Morgan fingerprint density at radius 2 is 1.41 bits per heavy atom. The van der Waals surface area contributed by atoms with Crippen LogP contribution in [0.1, 0.15) is 110 Å². The van der Waals surface area contributed by atoms with Gasteiger partial charge in [0.05, 0.1) is 0 Å². The molecule has 1 rings (SSSR count). The maximum atomic E-state index is 12.3. The highest BCUT2D eigenvalue weighted by molar-refractivity contribution is 6.36. The third-order valence-electron chi connectivity index (χ3n) is 5.58. The molecule has 5 heteroatoms. The molecule has 1 N–H and O–H groups in total. The van der Waals surface area contributed by atoms with E-state index in [0.29, 0.717) is 19.4 Å². The summed E-state index contributed by atoms with van der Waals surface area (Å²) in [7, 11) is 0. The lowest BCUT2D eigenvalue weighted by atomic mass is 10.0. The molecular weight excluding hydrogens is 342 g/mol. The van der Waals surface area contributed by atoms with Gasteiger partial charge in [0.1, 0.15) is 0 Å². The second-order valence-electron chi connectivity index (χ2n) is 7.94. The van der Waals surface area contributed by atoms with E-state index in [9.17, 15) is 14.4 Å². The fourth-order valence-electron chi connectivity index (χ4n) is 3.91. The average Bonchev–Trinajstić information content (AvgIpc) is 3.12. The molecule has 1 fully saturated rings. The molecule has 1 amide bonds. The zero-order valence-electron chi connectivity index (χ0n) is 17.2. The molecule has 5 nitrogen and oxygen atoms in total. The number of hydrogen-bond donors (Lipinski definition) is 1. The minimum absolute atomic E-state index is 0.0568. The van der Waals surface area contributed by atoms with Crippen LogP contribution in [0.5, 0.6) is 0 Å². The summed E-state index contributed by atoms with van der Waals surface area (Å²) in [5.41, 5.74) is 0. The molecule has 0 aromatic rings. The Morgan fingerprint density at radius 1 is 0.852 bits per heavy atom. The van der Waals surface area contributed by atoms with Crippen molar-refractivity contribution >= 4 is 17.7 Å². The number of carboxylic acid groups (broad SMARTS) is 1. The first-order chi connectivity index (χ1) is 13.1. The van der Waals surface area contributed by atoms with Crippen LogP contribution in [-0.2, 0) is 14.4 Å². The number of carbonyl (C=O) groups is 3. The first-order valence-electron chi connectivity index (χ1n) is 11.1. The quantitative estimate of drug-likeness (QED) is 0.298. The number of rotatable bonds is 16. The van der Waals surface area contributed by atoms with E-state index < -0.39 is 11.9 Å². The molecule has 1 saturated heterocycles. The summed E-state index contributed by atoms with van der Waals surface area (Å²) in [6.07, 6.45) is 16.0. The van der Waals surface area contributed by atoms with Crippen molar-refractivity contribution in [3.63, 3.8) is 0 Å². The smallest absolute Gasteiger partial charge is 0.303 e. The van der Waals surface area contributed by atoms with E-state index in [-0.39, 0.29) is 18.2 Å². The molecule has 0 spiro atoms. The SMILES string of the molecule is CCCCCCCCCCCCCC(=O)C(=O)N1CCC[C@H]1CCC(=O)O. The molecule has 1 atom stereocenters. The lowest BCUT2D eigenvalue weighted by Crippen LogP contribution is -2.40. The van der Waals surface area contributed by atoms with E-state index in [0.717, 1.165) is 32.1 Å². The monoisotopic (exact) mass is 381 g/mol. The van der Waals surface area contributed by atoms with Gasteiger partial charge in [-0.15, -0.1) is 0 Å². The predicted octanol–water partition coefficient (Wildman–Crippen LogP) is 5.11. The lowest BCUT2D eigenvalue weighted by Gasteiger charge is -2.23. The molecule has 1 aliphatic rings. The Bertz CT molecular complexity index is 450. The number of likely N-dealkylation sites (tertiary alicyclic amines) is 1. The van der Waals surface area contributed by atoms with E-state index in [1.165, 1.54) is 51.4 Å². The van der Waals surface area contributed by atoms with Gasteiger partial charge in [0.2, 0.25) is 5.78 Å². The molecule has 0 radical (unpaired) electrons. The summed E-state index contributed by atoms with van der Waals surface area (Å²) in [6, 6.07) is -0.0742. The molecular formula is C22H39NO4. The maximum Gasteiger partial charge on any atom is 0.303 e. The van der Waals surface area contributed by atoms with E-state index in [1.807, 2.05) is 0 Å². The van der Waals surface area contributed by atoms with Crippen LogP contribution < -0.4 is 0 Å². The molecule has 27 heavy (non-hydrogen) atoms. The number of amides is 1. The van der Waals surface area contributed by atoms with Crippen LogP contribution in [0.3, 0.4) is 0 Å². The number of hydrogen-bond acceptors (Lipinski definition) is 3. The van der Waals surface area contributed by atoms with E-state index in [1.54, 1.807) is 4.90 Å². The minimum atomic E-state index is -0.846. The standard InChI is InChI=1S/C22H39NO4/c1-2-3-4-5-6-7-8-9-10-11-12-15-20(24)22(27)23-18-13-14-19(23)16-17-21(25)26/h19H,2-18H2,1H3,(H,25,26)/t19-/m0/s1. The normalized spacial score (nSPS) is 16.6. The highest BCUT2D eigenvalue weighted by atomic mass is 16.4. The van der Waals surface area contributed by atoms with Crippen molar-refractivity contribution in [1.29, 1.82) is 0 Å². The maximum absolute atomic E-state index is 12.3. The molecule has 0 aromatic carbocycles. The molecule has 0 bridgehead atoms. The third-order valence-corrected chi connectivity index (χ3v) is 5.58. The Morgan fingerprint density at radius 3 is 1.96 bits per heavy atom. The Kier molecular flexibility index (Phi) is 12.8. The Hall–Kier alpha value is -1.39. The summed E-state index contributed by atoms with van der Waals surface area (Å²) in [4.78, 5) is 36.8. The molecule has 0 aliphatic carbocycles. The molecule has 1 heterocycles. The van der Waals surface area contributed by atoms with Gasteiger partial charge in [-0.05, 0) is 25.7 Å². The van der Waals surface area contributed by atoms with Gasteiger partial charge in [0.25, 0.3) is 5.91 Å². The number of unbranched alkanes of at least 4 members (excludes halogenated alkanes) is 10. The molecule has 0 saturated carbocycles. The van der Waals surface area contributed by atoms with Gasteiger partial charge >= 0.3 is 5.97 Å². The van der Waals surface area contributed by atoms with Crippen molar-refractivity contribution in [2.24, 2.45) is 0 Å². The first kappa shape index (κ1) is 23.6. The molecule has 1 aliphatic heterocycles. The number of carboxylic acids is 1. The molecule has 0 unspecified atom stereocenters. The topological polar surface area (TPSA) is 74.7 Å². The average molecular weight is 382 g/mol. The van der Waals surface area contributed by atoms with Gasteiger partial charge in [-0.2, -0.15) is 0 Å². The van der Waals surface area contributed by atoms with Crippen LogP contribution in [0.25, 0.3) is 0 Å². The summed E-state index contributed by atoms with van der Waals surface area (Å²) >= 11 is 0. The second-order valence-corrected chi connectivity index (χ2v) is 7.94. The van der Waals surface area contributed by atoms with Crippen molar-refractivity contribution in [2.45, 2.75) is 116 Å². The number of aliphatic carboxylic acids is 1. The highest BCUT2D eigenvalue weighted by Crippen LogP contribution is 2.22. The summed E-state index contributed by atoms with van der Waals surface area (Å²) in [6.45, 7) is 2.83. The zero-order chi connectivity index (χ0) is 19.9.